The summed E-state index contributed by atoms with van der Waals surface area (Å²) in [5, 5.41) is 9.09. The van der Waals surface area contributed by atoms with E-state index < -0.39 is 0 Å². The van der Waals surface area contributed by atoms with Crippen LogP contribution in [0.3, 0.4) is 0 Å². The van der Waals surface area contributed by atoms with Gasteiger partial charge in [0, 0.05) is 23.6 Å². The summed E-state index contributed by atoms with van der Waals surface area (Å²) < 4.78 is 0. The van der Waals surface area contributed by atoms with Crippen LogP contribution < -0.4 is 11.5 Å². The molecule has 0 aliphatic heterocycles. The van der Waals surface area contributed by atoms with Crippen molar-refractivity contribution in [2.45, 2.75) is 45.2 Å². The molecule has 5 N–H and O–H groups in total. The predicted octanol–water partition coefficient (Wildman–Crippen LogP) is 0.460. The summed E-state index contributed by atoms with van der Waals surface area (Å²) in [7, 11) is 0. The molecule has 12 heavy (non-hydrogen) atoms. The van der Waals surface area contributed by atoms with Crippen LogP contribution in [0.2, 0.25) is 0 Å². The third-order valence-corrected chi connectivity index (χ3v) is 2.05. The zero-order valence-electron chi connectivity index (χ0n) is 8.59. The van der Waals surface area contributed by atoms with Crippen LogP contribution in [0, 0.1) is 5.92 Å². The minimum absolute atomic E-state index is 0.0671. The highest BCUT2D eigenvalue weighted by Gasteiger charge is 2.28. The molecule has 0 saturated heterocycles. The zero-order valence-corrected chi connectivity index (χ0v) is 8.59. The van der Waals surface area contributed by atoms with Crippen molar-refractivity contribution < 1.29 is 5.11 Å². The minimum Gasteiger partial charge on any atom is -0.396 e. The molecule has 1 unspecified atom stereocenters. The summed E-state index contributed by atoms with van der Waals surface area (Å²) in [6, 6.07) is 0. The van der Waals surface area contributed by atoms with Crippen molar-refractivity contribution in [3.8, 4) is 0 Å². The summed E-state index contributed by atoms with van der Waals surface area (Å²) in [5.41, 5.74) is 11.1. The fourth-order valence-corrected chi connectivity index (χ4v) is 1.20. The van der Waals surface area contributed by atoms with Crippen molar-refractivity contribution in [1.82, 2.24) is 0 Å². The van der Waals surface area contributed by atoms with Crippen molar-refractivity contribution in [2.75, 3.05) is 6.61 Å². The summed E-state index contributed by atoms with van der Waals surface area (Å²) in [6.07, 6.45) is 0.743. The van der Waals surface area contributed by atoms with Crippen LogP contribution in [0.5, 0.6) is 0 Å². The molecular weight excluding hydrogens is 152 g/mol. The fourth-order valence-electron chi connectivity index (χ4n) is 1.20. The Labute approximate surface area is 75.1 Å². The van der Waals surface area contributed by atoms with E-state index in [0.717, 1.165) is 6.42 Å². The molecule has 3 nitrogen and oxygen atoms in total. The van der Waals surface area contributed by atoms with Gasteiger partial charge in [0.1, 0.15) is 0 Å². The highest BCUT2D eigenvalue weighted by atomic mass is 16.3. The molecular formula is C9H22N2O. The lowest BCUT2D eigenvalue weighted by Gasteiger charge is -2.33. The maximum absolute atomic E-state index is 9.09. The topological polar surface area (TPSA) is 72.3 Å². The summed E-state index contributed by atoms with van der Waals surface area (Å²) in [5.74, 6) is 0.0671. The molecule has 0 aliphatic carbocycles. The number of aliphatic hydroxyl groups is 1. The Hall–Kier alpha value is -0.120. The highest BCUT2D eigenvalue weighted by molar-refractivity contribution is 4.87. The molecule has 0 saturated carbocycles. The first-order chi connectivity index (χ1) is 5.17. The average Bonchev–Trinajstić information content (AvgIpc) is 1.78. The van der Waals surface area contributed by atoms with Gasteiger partial charge in [0.25, 0.3) is 0 Å². The van der Waals surface area contributed by atoms with E-state index in [4.69, 9.17) is 16.6 Å². The Morgan fingerprint density at radius 3 is 1.67 bits per heavy atom. The van der Waals surface area contributed by atoms with Gasteiger partial charge in [0.05, 0.1) is 0 Å². The lowest BCUT2D eigenvalue weighted by molar-refractivity contribution is 0.142. The number of hydrogen-bond donors (Lipinski definition) is 3. The molecule has 0 radical (unpaired) electrons. The van der Waals surface area contributed by atoms with Gasteiger partial charge in [0.15, 0.2) is 0 Å². The van der Waals surface area contributed by atoms with Crippen molar-refractivity contribution in [2.24, 2.45) is 17.4 Å². The van der Waals surface area contributed by atoms with Gasteiger partial charge in [-0.05, 0) is 34.1 Å². The van der Waals surface area contributed by atoms with E-state index >= 15 is 0 Å². The molecule has 0 aromatic heterocycles. The number of hydrogen-bond acceptors (Lipinski definition) is 3. The van der Waals surface area contributed by atoms with Gasteiger partial charge < -0.3 is 16.6 Å². The summed E-state index contributed by atoms with van der Waals surface area (Å²) >= 11 is 0. The van der Waals surface area contributed by atoms with Crippen LogP contribution in [0.4, 0.5) is 0 Å². The molecule has 0 aromatic rings. The molecule has 0 heterocycles. The Kier molecular flexibility index (Phi) is 3.69. The lowest BCUT2D eigenvalue weighted by Crippen LogP contribution is -2.48. The van der Waals surface area contributed by atoms with E-state index in [1.807, 2.05) is 27.7 Å². The smallest absolute Gasteiger partial charge is 0.0477 e. The Morgan fingerprint density at radius 1 is 1.17 bits per heavy atom. The molecule has 3 heteroatoms. The third-order valence-electron chi connectivity index (χ3n) is 2.05. The first-order valence-electron chi connectivity index (χ1n) is 4.35. The van der Waals surface area contributed by atoms with Crippen LogP contribution >= 0.6 is 0 Å². The molecule has 0 rings (SSSR count). The second kappa shape index (κ2) is 3.73. The Morgan fingerprint density at radius 2 is 1.58 bits per heavy atom. The quantitative estimate of drug-likeness (QED) is 0.580. The van der Waals surface area contributed by atoms with Gasteiger partial charge >= 0.3 is 0 Å². The zero-order chi connectivity index (χ0) is 9.99. The summed E-state index contributed by atoms with van der Waals surface area (Å²) in [6.45, 7) is 7.83. The van der Waals surface area contributed by atoms with Crippen molar-refractivity contribution >= 4 is 0 Å². The van der Waals surface area contributed by atoms with E-state index in [1.165, 1.54) is 0 Å². The van der Waals surface area contributed by atoms with Gasteiger partial charge in [-0.1, -0.05) is 0 Å². The SMILES string of the molecule is CC(C)(N)CC(CO)C(C)(C)N. The molecule has 0 amide bonds. The second-order valence-corrected chi connectivity index (χ2v) is 4.89. The molecule has 0 spiro atoms. The van der Waals surface area contributed by atoms with Crippen LogP contribution in [0.25, 0.3) is 0 Å². The molecule has 1 atom stereocenters. The number of aliphatic hydroxyl groups excluding tert-OH is 1. The predicted molar refractivity (Wildman–Crippen MR) is 51.7 cm³/mol. The first-order valence-corrected chi connectivity index (χ1v) is 4.35. The standard InChI is InChI=1S/C9H22N2O/c1-8(2,10)5-7(6-12)9(3,4)11/h7,12H,5-6,10-11H2,1-4H3. The lowest BCUT2D eigenvalue weighted by atomic mass is 9.80. The molecule has 0 aromatic carbocycles. The van der Waals surface area contributed by atoms with Gasteiger partial charge in [-0.3, -0.25) is 0 Å². The van der Waals surface area contributed by atoms with Crippen LogP contribution in [0.15, 0.2) is 0 Å². The van der Waals surface area contributed by atoms with E-state index in [1.54, 1.807) is 0 Å². The highest BCUT2D eigenvalue weighted by Crippen LogP contribution is 2.22. The molecule has 0 bridgehead atoms. The van der Waals surface area contributed by atoms with E-state index in [-0.39, 0.29) is 23.6 Å². The number of nitrogens with two attached hydrogens (primary N) is 2. The normalized spacial score (nSPS) is 16.2. The molecule has 74 valence electrons. The largest absolute Gasteiger partial charge is 0.396 e. The van der Waals surface area contributed by atoms with Crippen LogP contribution in [-0.4, -0.2) is 22.8 Å². The van der Waals surface area contributed by atoms with E-state index in [2.05, 4.69) is 0 Å². The van der Waals surface area contributed by atoms with E-state index in [9.17, 15) is 0 Å². The average molecular weight is 174 g/mol. The third kappa shape index (κ3) is 4.70. The fraction of sp³-hybridized carbons (Fsp3) is 1.00. The summed E-state index contributed by atoms with van der Waals surface area (Å²) in [4.78, 5) is 0. The van der Waals surface area contributed by atoms with E-state index in [0.29, 0.717) is 0 Å². The van der Waals surface area contributed by atoms with Crippen molar-refractivity contribution in [3.63, 3.8) is 0 Å². The maximum atomic E-state index is 9.09. The minimum atomic E-state index is -0.356. The van der Waals surface area contributed by atoms with Crippen molar-refractivity contribution in [1.29, 1.82) is 0 Å². The van der Waals surface area contributed by atoms with Crippen LogP contribution in [-0.2, 0) is 0 Å². The van der Waals surface area contributed by atoms with Crippen LogP contribution in [0.1, 0.15) is 34.1 Å². The first kappa shape index (κ1) is 11.9. The maximum Gasteiger partial charge on any atom is 0.0477 e. The van der Waals surface area contributed by atoms with Gasteiger partial charge in [-0.2, -0.15) is 0 Å². The Balaban J connectivity index is 4.20. The molecule has 0 aliphatic rings. The van der Waals surface area contributed by atoms with Gasteiger partial charge in [0.2, 0.25) is 0 Å². The number of rotatable bonds is 4. The monoisotopic (exact) mass is 174 g/mol. The van der Waals surface area contributed by atoms with Gasteiger partial charge in [-0.15, -0.1) is 0 Å². The second-order valence-electron chi connectivity index (χ2n) is 4.89. The molecule has 0 fully saturated rings. The Bertz CT molecular complexity index is 132. The van der Waals surface area contributed by atoms with Crippen molar-refractivity contribution in [3.05, 3.63) is 0 Å². The van der Waals surface area contributed by atoms with Gasteiger partial charge in [-0.25, -0.2) is 0 Å².